The van der Waals surface area contributed by atoms with Crippen LogP contribution in [-0.2, 0) is 4.74 Å². The lowest BCUT2D eigenvalue weighted by molar-refractivity contribution is 0.0368. The second kappa shape index (κ2) is 3.97. The van der Waals surface area contributed by atoms with Gasteiger partial charge in [0.05, 0.1) is 12.3 Å². The first-order valence-electron chi connectivity index (χ1n) is 5.52. The first-order chi connectivity index (χ1) is 7.84. The first-order valence-corrected chi connectivity index (χ1v) is 5.52. The van der Waals surface area contributed by atoms with Crippen LogP contribution in [0.1, 0.15) is 6.92 Å². The lowest BCUT2D eigenvalue weighted by Gasteiger charge is -2.32. The van der Waals surface area contributed by atoms with Gasteiger partial charge in [0, 0.05) is 18.8 Å². The molecule has 2 N–H and O–H groups in total. The molecule has 6 heteroatoms. The Morgan fingerprint density at radius 2 is 2.50 bits per heavy atom. The number of nitrogens with one attached hydrogen (secondary N) is 2. The van der Waals surface area contributed by atoms with Gasteiger partial charge in [-0.25, -0.2) is 20.4 Å². The number of allylic oxidation sites excluding steroid dienone is 1. The third-order valence-corrected chi connectivity index (χ3v) is 2.80. The summed E-state index contributed by atoms with van der Waals surface area (Å²) in [4.78, 5) is 8.65. The van der Waals surface area contributed by atoms with Crippen LogP contribution in [0.3, 0.4) is 0 Å². The summed E-state index contributed by atoms with van der Waals surface area (Å²) < 4.78 is 5.75. The van der Waals surface area contributed by atoms with Gasteiger partial charge in [0.15, 0.2) is 0 Å². The highest BCUT2D eigenvalue weighted by molar-refractivity contribution is 6.05. The van der Waals surface area contributed by atoms with E-state index in [1.54, 1.807) is 0 Å². The second-order valence-electron chi connectivity index (χ2n) is 4.00. The molecule has 1 atom stereocenters. The normalized spacial score (nSPS) is 29.4. The predicted octanol–water partition coefficient (Wildman–Crippen LogP) is -0.533. The van der Waals surface area contributed by atoms with E-state index in [0.717, 1.165) is 37.1 Å². The zero-order chi connectivity index (χ0) is 11.0. The number of hydrazine groups is 1. The lowest BCUT2D eigenvalue weighted by atomic mass is 10.1. The summed E-state index contributed by atoms with van der Waals surface area (Å²) in [5, 5.41) is 5.25. The molecule has 3 rings (SSSR count). The van der Waals surface area contributed by atoms with Crippen molar-refractivity contribution in [1.29, 1.82) is 0 Å². The van der Waals surface area contributed by atoms with Crippen molar-refractivity contribution in [2.45, 2.75) is 13.0 Å². The number of nitrogens with zero attached hydrogens (tertiary/aromatic N) is 3. The Hall–Kier alpha value is -1.24. The van der Waals surface area contributed by atoms with Gasteiger partial charge >= 0.3 is 0 Å². The van der Waals surface area contributed by atoms with Gasteiger partial charge in [-0.05, 0) is 13.0 Å². The van der Waals surface area contributed by atoms with Crippen molar-refractivity contribution >= 4 is 11.7 Å². The van der Waals surface area contributed by atoms with Crippen molar-refractivity contribution in [3.63, 3.8) is 0 Å². The average Bonchev–Trinajstić information content (AvgIpc) is 2.77. The van der Waals surface area contributed by atoms with E-state index in [9.17, 15) is 0 Å². The second-order valence-corrected chi connectivity index (χ2v) is 4.00. The van der Waals surface area contributed by atoms with E-state index in [1.165, 1.54) is 0 Å². The molecule has 0 spiro atoms. The zero-order valence-electron chi connectivity index (χ0n) is 9.23. The van der Waals surface area contributed by atoms with Crippen molar-refractivity contribution in [1.82, 2.24) is 15.8 Å². The molecule has 6 nitrogen and oxygen atoms in total. The number of morpholine rings is 1. The molecule has 0 aromatic rings. The standard InChI is InChI=1S/C10H15N5O/c1-7-4-8(9-5-11-2-3-16-9)15-10(14-7)12-6-13-15/h4,9,11,13H,2-3,5-6H2,1H3. The van der Waals surface area contributed by atoms with Crippen molar-refractivity contribution < 1.29 is 4.74 Å². The molecule has 16 heavy (non-hydrogen) atoms. The molecule has 3 heterocycles. The smallest absolute Gasteiger partial charge is 0.241 e. The average molecular weight is 221 g/mol. The van der Waals surface area contributed by atoms with Crippen molar-refractivity contribution in [3.05, 3.63) is 11.8 Å². The largest absolute Gasteiger partial charge is 0.369 e. The van der Waals surface area contributed by atoms with E-state index in [2.05, 4.69) is 26.8 Å². The van der Waals surface area contributed by atoms with Gasteiger partial charge in [0.25, 0.3) is 0 Å². The molecular weight excluding hydrogens is 206 g/mol. The van der Waals surface area contributed by atoms with Crippen molar-refractivity contribution in [3.8, 4) is 0 Å². The maximum Gasteiger partial charge on any atom is 0.241 e. The number of guanidine groups is 1. The van der Waals surface area contributed by atoms with Gasteiger partial charge in [-0.2, -0.15) is 0 Å². The van der Waals surface area contributed by atoms with Crippen LogP contribution < -0.4 is 10.7 Å². The van der Waals surface area contributed by atoms with Crippen LogP contribution in [0.15, 0.2) is 21.8 Å². The monoisotopic (exact) mass is 221 g/mol. The lowest BCUT2D eigenvalue weighted by Crippen LogP contribution is -2.48. The molecule has 3 aliphatic heterocycles. The highest BCUT2D eigenvalue weighted by Crippen LogP contribution is 2.19. The number of hydrogen-bond donors (Lipinski definition) is 2. The third kappa shape index (κ3) is 1.64. The molecule has 0 radical (unpaired) electrons. The Balaban J connectivity index is 1.87. The van der Waals surface area contributed by atoms with Crippen LogP contribution in [0.25, 0.3) is 0 Å². The molecule has 0 saturated carbocycles. The number of hydrogen-bond acceptors (Lipinski definition) is 6. The highest BCUT2D eigenvalue weighted by Gasteiger charge is 2.30. The molecule has 1 unspecified atom stereocenters. The molecule has 0 aromatic heterocycles. The van der Waals surface area contributed by atoms with Crippen LogP contribution in [0.5, 0.6) is 0 Å². The minimum Gasteiger partial charge on any atom is -0.369 e. The van der Waals surface area contributed by atoms with Crippen molar-refractivity contribution in [2.24, 2.45) is 9.98 Å². The summed E-state index contributed by atoms with van der Waals surface area (Å²) >= 11 is 0. The molecule has 86 valence electrons. The molecule has 0 aliphatic carbocycles. The first kappa shape index (κ1) is 9.95. The molecule has 0 amide bonds. The minimum absolute atomic E-state index is 0.0787. The molecule has 3 aliphatic rings. The maximum atomic E-state index is 5.75. The molecule has 0 aromatic carbocycles. The molecule has 1 fully saturated rings. The fourth-order valence-electron chi connectivity index (χ4n) is 2.07. The summed E-state index contributed by atoms with van der Waals surface area (Å²) in [6.07, 6.45) is 2.13. The summed E-state index contributed by atoms with van der Waals surface area (Å²) in [5.74, 6) is 0.740. The third-order valence-electron chi connectivity index (χ3n) is 2.80. The van der Waals surface area contributed by atoms with E-state index in [-0.39, 0.29) is 6.10 Å². The SMILES string of the molecule is CC1=NC2=NCNN2C(C2CNCCO2)=C1. The van der Waals surface area contributed by atoms with Crippen LogP contribution in [0.2, 0.25) is 0 Å². The van der Waals surface area contributed by atoms with E-state index in [0.29, 0.717) is 6.67 Å². The Kier molecular flexibility index (Phi) is 2.47. The summed E-state index contributed by atoms with van der Waals surface area (Å²) in [5.41, 5.74) is 5.24. The van der Waals surface area contributed by atoms with Gasteiger partial charge in [-0.1, -0.05) is 0 Å². The maximum absolute atomic E-state index is 5.75. The highest BCUT2D eigenvalue weighted by atomic mass is 16.5. The molecular formula is C10H15N5O. The number of fused-ring (bicyclic) bond motifs is 1. The van der Waals surface area contributed by atoms with E-state index in [1.807, 2.05) is 11.9 Å². The Morgan fingerprint density at radius 3 is 3.31 bits per heavy atom. The van der Waals surface area contributed by atoms with Gasteiger partial charge < -0.3 is 10.1 Å². The van der Waals surface area contributed by atoms with Gasteiger partial charge in [0.2, 0.25) is 5.96 Å². The Labute approximate surface area is 94.1 Å². The van der Waals surface area contributed by atoms with Gasteiger partial charge in [-0.15, -0.1) is 0 Å². The number of aliphatic imine (C=N–C) groups is 2. The van der Waals surface area contributed by atoms with Crippen LogP contribution in [0.4, 0.5) is 0 Å². The van der Waals surface area contributed by atoms with Gasteiger partial charge in [-0.3, -0.25) is 0 Å². The quantitative estimate of drug-likeness (QED) is 0.624. The fraction of sp³-hybridized carbons (Fsp3) is 0.600. The fourth-order valence-corrected chi connectivity index (χ4v) is 2.07. The van der Waals surface area contributed by atoms with Crippen LogP contribution in [-0.4, -0.2) is 49.1 Å². The van der Waals surface area contributed by atoms with E-state index < -0.39 is 0 Å². The summed E-state index contributed by atoms with van der Waals surface area (Å²) in [6, 6.07) is 0. The van der Waals surface area contributed by atoms with Crippen LogP contribution >= 0.6 is 0 Å². The Bertz CT molecular complexity index is 381. The minimum atomic E-state index is 0.0787. The van der Waals surface area contributed by atoms with Crippen LogP contribution in [0, 0.1) is 0 Å². The predicted molar refractivity (Wildman–Crippen MR) is 61.1 cm³/mol. The summed E-state index contributed by atoms with van der Waals surface area (Å²) in [6.45, 7) is 5.08. The van der Waals surface area contributed by atoms with E-state index in [4.69, 9.17) is 4.74 Å². The van der Waals surface area contributed by atoms with E-state index >= 15 is 0 Å². The molecule has 0 bridgehead atoms. The summed E-state index contributed by atoms with van der Waals surface area (Å²) in [7, 11) is 0. The number of ether oxygens (including phenoxy) is 1. The Morgan fingerprint density at radius 1 is 1.56 bits per heavy atom. The van der Waals surface area contributed by atoms with Gasteiger partial charge in [0.1, 0.15) is 12.8 Å². The topological polar surface area (TPSA) is 61.2 Å². The molecule has 1 saturated heterocycles. The zero-order valence-corrected chi connectivity index (χ0v) is 9.23. The number of rotatable bonds is 1. The van der Waals surface area contributed by atoms with Crippen molar-refractivity contribution in [2.75, 3.05) is 26.4 Å².